The minimum Gasteiger partial charge on any atom is -0.500 e. The van der Waals surface area contributed by atoms with Gasteiger partial charge in [-0.1, -0.05) is 202 Å². The van der Waals surface area contributed by atoms with Crippen LogP contribution >= 0.6 is 11.3 Å². The van der Waals surface area contributed by atoms with Crippen molar-refractivity contribution in [2.45, 2.75) is 82.6 Å². The summed E-state index contributed by atoms with van der Waals surface area (Å²) in [6, 6.07) is 105. The number of nitrogens with zero attached hydrogens (tertiary/aromatic N) is 6. The number of hydrogen-bond acceptors (Lipinski definition) is 10. The van der Waals surface area contributed by atoms with Crippen LogP contribution in [0.1, 0.15) is 11.1 Å². The van der Waals surface area contributed by atoms with Gasteiger partial charge in [0, 0.05) is 108 Å². The van der Waals surface area contributed by atoms with E-state index in [0.29, 0.717) is 9.79 Å². The largest absolute Gasteiger partial charge is 0.500 e. The summed E-state index contributed by atoms with van der Waals surface area (Å²) < 4.78 is 33.8. The molecule has 0 aliphatic carbocycles. The van der Waals surface area contributed by atoms with Crippen LogP contribution in [0.5, 0.6) is 0 Å². The van der Waals surface area contributed by atoms with Gasteiger partial charge in [-0.15, -0.1) is 179 Å². The number of thiophene rings is 1. The summed E-state index contributed by atoms with van der Waals surface area (Å²) in [6.07, 6.45) is 11.4. The Hall–Kier alpha value is -9.55. The molecule has 9 aromatic carbocycles. The number of fused-ring (bicyclic) bond motifs is 9. The van der Waals surface area contributed by atoms with E-state index in [0.717, 1.165) is 101 Å². The monoisotopic (exact) mass is 2080 g/mol. The Labute approximate surface area is 706 Å². The third-order valence-electron chi connectivity index (χ3n) is 18.5. The van der Waals surface area contributed by atoms with E-state index in [1.807, 2.05) is 193 Å². The fraction of sp³-hybridized carbons (Fsp3) is 0.116. The van der Waals surface area contributed by atoms with E-state index in [1.165, 1.54) is 46.9 Å². The van der Waals surface area contributed by atoms with Crippen LogP contribution in [-0.4, -0.2) is 62.5 Å². The van der Waals surface area contributed by atoms with Gasteiger partial charge < -0.3 is 34.3 Å². The summed E-state index contributed by atoms with van der Waals surface area (Å²) in [5.41, 5.74) is 17.7. The van der Waals surface area contributed by atoms with Gasteiger partial charge in [0.05, 0.1) is 34.7 Å². The molecule has 17 aromatic rings. The molecule has 9 heterocycles. The minimum absolute atomic E-state index is 0. The van der Waals surface area contributed by atoms with Gasteiger partial charge in [0.1, 0.15) is 5.58 Å². The van der Waals surface area contributed by atoms with Gasteiger partial charge in [-0.2, -0.15) is 11.3 Å². The summed E-state index contributed by atoms with van der Waals surface area (Å²) >= 11 is 1.83. The summed E-state index contributed by atoms with van der Waals surface area (Å²) in [7, 11) is -7.53. The van der Waals surface area contributed by atoms with E-state index < -0.39 is 34.1 Å². The molecule has 0 saturated heterocycles. The Morgan fingerprint density at radius 1 is 0.330 bits per heavy atom. The topological polar surface area (TPSA) is 125 Å². The molecule has 8 aromatic heterocycles. The summed E-state index contributed by atoms with van der Waals surface area (Å²) in [6.45, 7) is 25.4. The SMILES string of the molecule is C[Si](C)(C)c1ccc(-c2[c-]cc3c(c2)-c2ccccc2S3(=O)=O)nc1.Cc1cc(-c2[c-]cc3oc4ccccc4c3c2)ncc1[Si](C)(C)C.Cc1cc(-c2[c-]cc3sc4ccccc4c3c2)ncc1[Si](C)(C)C.[Ir].[Ir].[Ir].[c-]1ccccc1-c1ccccn1.[c-]1ccccc1-c1ccccn1.[c-]1ccccc1-c1ccccn1. The molecule has 0 spiro atoms. The van der Waals surface area contributed by atoms with Crippen LogP contribution in [0.25, 0.3) is 121 Å². The number of aromatic nitrogens is 6. The average molecular weight is 2080 g/mol. The first-order valence-electron chi connectivity index (χ1n) is 36.2. The third-order valence-corrected chi connectivity index (χ3v) is 27.8. The van der Waals surface area contributed by atoms with E-state index in [4.69, 9.17) is 14.4 Å². The number of rotatable bonds is 9. The quantitative estimate of drug-likeness (QED) is 0.103. The predicted octanol–water partition coefficient (Wildman–Crippen LogP) is 22.6. The van der Waals surface area contributed by atoms with E-state index in [1.54, 1.807) is 36.8 Å². The van der Waals surface area contributed by atoms with Crippen molar-refractivity contribution in [1.82, 2.24) is 29.9 Å². The van der Waals surface area contributed by atoms with Crippen LogP contribution in [0, 0.1) is 50.2 Å². The van der Waals surface area contributed by atoms with Gasteiger partial charge in [0.25, 0.3) is 0 Å². The molecule has 0 unspecified atom stereocenters. The maximum Gasteiger partial charge on any atom is 0.173 e. The van der Waals surface area contributed by atoms with Crippen molar-refractivity contribution in [2.75, 3.05) is 0 Å². The Balaban J connectivity index is 0.000000146. The van der Waals surface area contributed by atoms with Crippen molar-refractivity contribution in [3.63, 3.8) is 0 Å². The smallest absolute Gasteiger partial charge is 0.173 e. The molecule has 0 fully saturated rings. The number of sulfone groups is 1. The molecule has 0 bridgehead atoms. The normalized spacial score (nSPS) is 11.6. The van der Waals surface area contributed by atoms with Crippen molar-refractivity contribution in [2.24, 2.45) is 0 Å². The van der Waals surface area contributed by atoms with Gasteiger partial charge in [0.2, 0.25) is 0 Å². The first-order chi connectivity index (χ1) is 52.5. The zero-order chi connectivity index (χ0) is 76.3. The molecule has 18 rings (SSSR count). The van der Waals surface area contributed by atoms with Crippen LogP contribution in [0.15, 0.2) is 312 Å². The van der Waals surface area contributed by atoms with Crippen molar-refractivity contribution in [3.05, 3.63) is 346 Å². The van der Waals surface area contributed by atoms with Crippen molar-refractivity contribution < 1.29 is 73.2 Å². The second-order valence-electron chi connectivity index (χ2n) is 29.5. The Morgan fingerprint density at radius 2 is 0.777 bits per heavy atom. The van der Waals surface area contributed by atoms with Crippen molar-refractivity contribution in [3.8, 4) is 78.7 Å². The number of aryl methyl sites for hydroxylation is 2. The number of benzene rings is 9. The first-order valence-corrected chi connectivity index (χ1v) is 49.0. The molecule has 0 N–H and O–H groups in total. The molecule has 567 valence electrons. The van der Waals surface area contributed by atoms with Crippen LogP contribution in [-0.2, 0) is 70.2 Å². The van der Waals surface area contributed by atoms with E-state index in [-0.39, 0.29) is 60.3 Å². The maximum atomic E-state index is 12.6. The zero-order valence-electron chi connectivity index (χ0n) is 64.0. The summed E-state index contributed by atoms with van der Waals surface area (Å²) in [5.74, 6) is 0. The molecule has 9 nitrogen and oxygen atoms in total. The molecule has 1 aliphatic rings. The van der Waals surface area contributed by atoms with Crippen LogP contribution < -0.4 is 15.6 Å². The third kappa shape index (κ3) is 20.4. The van der Waals surface area contributed by atoms with Crippen LogP contribution in [0.4, 0.5) is 0 Å². The fourth-order valence-electron chi connectivity index (χ4n) is 12.9. The summed E-state index contributed by atoms with van der Waals surface area (Å²) in [4.78, 5) is 27.4. The Morgan fingerprint density at radius 3 is 1.26 bits per heavy atom. The second-order valence-corrected chi connectivity index (χ2v) is 47.6. The maximum absolute atomic E-state index is 12.6. The molecule has 1 aliphatic heterocycles. The number of furan rings is 1. The average Bonchev–Trinajstić information content (AvgIpc) is 1.58. The van der Waals surface area contributed by atoms with Gasteiger partial charge in [-0.25, -0.2) is 8.42 Å². The number of pyridine rings is 6. The second kappa shape index (κ2) is 37.9. The predicted molar refractivity (Wildman–Crippen MR) is 461 cm³/mol. The Bertz CT molecular complexity index is 5630. The van der Waals surface area contributed by atoms with Gasteiger partial charge in [-0.05, 0) is 121 Å². The van der Waals surface area contributed by atoms with Gasteiger partial charge in [-0.3, -0.25) is 0 Å². The molecule has 0 saturated carbocycles. The standard InChI is InChI=1S/C21H20NOSi.C21H20NSSi.C20H18NO2SSi.3C11H8N.3Ir/c2*1-14-11-18(22-13-21(14)24(2,3)4)15-9-10-20-17(12-15)16-7-5-6-8-19(16)23-20;1-25(2,3)15-9-10-18(21-13-15)14-8-11-20-17(12-14)16-6-4-5-7-19(16)24(20,22)23;3*1-2-6-10(7-3-1)11-8-4-5-9-12-11;;;/h2*5-8,10-13H,1-4H3;4-7,9-13H,1-3H3;3*1-6,8-9H;;;/q6*-1;;;. The molecule has 0 amide bonds. The number of hydrogen-bond donors (Lipinski definition) is 0. The molecular formula is C95H82Ir3N6O3S2Si3-6. The molecular weight excluding hydrogens is 2000 g/mol. The van der Waals surface area contributed by atoms with E-state index in [9.17, 15) is 8.42 Å². The number of para-hydroxylation sites is 1. The first kappa shape index (κ1) is 84.9. The van der Waals surface area contributed by atoms with Gasteiger partial charge in [0.15, 0.2) is 9.84 Å². The molecule has 3 radical (unpaired) electrons. The van der Waals surface area contributed by atoms with Crippen LogP contribution in [0.3, 0.4) is 0 Å². The minimum atomic E-state index is -3.44. The molecule has 0 atom stereocenters. The molecule has 112 heavy (non-hydrogen) atoms. The van der Waals surface area contributed by atoms with Crippen molar-refractivity contribution in [1.29, 1.82) is 0 Å². The zero-order valence-corrected chi connectivity index (χ0v) is 75.8. The Kier molecular flexibility index (Phi) is 28.7. The van der Waals surface area contributed by atoms with Crippen molar-refractivity contribution >= 4 is 103 Å². The van der Waals surface area contributed by atoms with E-state index >= 15 is 0 Å². The summed E-state index contributed by atoms with van der Waals surface area (Å²) in [5, 5.41) is 9.03. The van der Waals surface area contributed by atoms with E-state index in [2.05, 4.69) is 208 Å². The van der Waals surface area contributed by atoms with Gasteiger partial charge >= 0.3 is 0 Å². The molecule has 17 heteroatoms. The van der Waals surface area contributed by atoms with Crippen LogP contribution in [0.2, 0.25) is 58.9 Å². The fourth-order valence-corrected chi connectivity index (χ4v) is 20.1.